The van der Waals surface area contributed by atoms with E-state index in [4.69, 9.17) is 11.6 Å². The maximum Gasteiger partial charge on any atom is 0.0406 e. The molecule has 1 nitrogen and oxygen atoms in total. The van der Waals surface area contributed by atoms with E-state index in [0.29, 0.717) is 0 Å². The molecule has 0 aromatic heterocycles. The van der Waals surface area contributed by atoms with Gasteiger partial charge in [0, 0.05) is 23.9 Å². The number of rotatable bonds is 6. The lowest BCUT2D eigenvalue weighted by Gasteiger charge is -2.04. The van der Waals surface area contributed by atoms with Gasteiger partial charge in [0.1, 0.15) is 0 Å². The summed E-state index contributed by atoms with van der Waals surface area (Å²) < 4.78 is 0. The largest absolute Gasteiger partial charge is 0.312 e. The third-order valence-corrected chi connectivity index (χ3v) is 3.02. The Bertz CT molecular complexity index is 248. The molecule has 0 amide bonds. The second-order valence-electron chi connectivity index (χ2n) is 3.00. The lowest BCUT2D eigenvalue weighted by Crippen LogP contribution is -2.16. The summed E-state index contributed by atoms with van der Waals surface area (Å²) in [5, 5.41) is 4.19. The molecule has 1 aromatic rings. The Labute approximate surface area is 95.2 Å². The second-order valence-corrected chi connectivity index (χ2v) is 4.83. The van der Waals surface area contributed by atoms with Crippen LogP contribution in [0.2, 0.25) is 5.02 Å². The van der Waals surface area contributed by atoms with Gasteiger partial charge in [0.2, 0.25) is 0 Å². The number of nitrogens with one attached hydrogen (secondary N) is 1. The first-order valence-electron chi connectivity index (χ1n) is 4.86. The zero-order chi connectivity index (χ0) is 10.2. The Morgan fingerprint density at radius 3 is 2.64 bits per heavy atom. The molecule has 0 aliphatic heterocycles. The first-order valence-corrected chi connectivity index (χ1v) is 6.39. The fourth-order valence-electron chi connectivity index (χ4n) is 1.12. The van der Waals surface area contributed by atoms with Gasteiger partial charge < -0.3 is 5.32 Å². The molecule has 0 saturated heterocycles. The molecule has 0 saturated carbocycles. The van der Waals surface area contributed by atoms with Crippen LogP contribution in [0.1, 0.15) is 12.5 Å². The number of halogens is 1. The molecular formula is C11H16ClNS. The maximum absolute atomic E-state index is 5.79. The quantitative estimate of drug-likeness (QED) is 0.752. The van der Waals surface area contributed by atoms with E-state index in [9.17, 15) is 0 Å². The number of benzene rings is 1. The summed E-state index contributed by atoms with van der Waals surface area (Å²) in [6.45, 7) is 4.19. The fourth-order valence-corrected chi connectivity index (χ4v) is 1.83. The van der Waals surface area contributed by atoms with Gasteiger partial charge in [0.15, 0.2) is 0 Å². The van der Waals surface area contributed by atoms with E-state index in [1.54, 1.807) is 0 Å². The molecule has 78 valence electrons. The number of thioether (sulfide) groups is 1. The van der Waals surface area contributed by atoms with Crippen molar-refractivity contribution in [3.8, 4) is 0 Å². The summed E-state index contributed by atoms with van der Waals surface area (Å²) in [5.74, 6) is 2.38. The van der Waals surface area contributed by atoms with Crippen molar-refractivity contribution in [1.29, 1.82) is 0 Å². The molecule has 1 aromatic carbocycles. The van der Waals surface area contributed by atoms with Crippen LogP contribution in [0.15, 0.2) is 24.3 Å². The predicted octanol–water partition coefficient (Wildman–Crippen LogP) is 3.18. The van der Waals surface area contributed by atoms with E-state index in [1.807, 2.05) is 23.9 Å². The van der Waals surface area contributed by atoms with Gasteiger partial charge in [-0.25, -0.2) is 0 Å². The lowest BCUT2D eigenvalue weighted by atomic mass is 10.2. The topological polar surface area (TPSA) is 12.0 Å². The van der Waals surface area contributed by atoms with Gasteiger partial charge in [-0.2, -0.15) is 11.8 Å². The molecule has 1 rings (SSSR count). The van der Waals surface area contributed by atoms with Crippen LogP contribution in [0.4, 0.5) is 0 Å². The van der Waals surface area contributed by atoms with Crippen molar-refractivity contribution in [3.63, 3.8) is 0 Å². The molecule has 0 heterocycles. The Morgan fingerprint density at radius 1 is 1.29 bits per heavy atom. The first-order chi connectivity index (χ1) is 6.83. The molecule has 14 heavy (non-hydrogen) atoms. The standard InChI is InChI=1S/C11H16ClNS/c1-2-14-8-7-13-9-10-3-5-11(12)6-4-10/h3-6,13H,2,7-9H2,1H3. The van der Waals surface area contributed by atoms with Crippen molar-refractivity contribution < 1.29 is 0 Å². The Kier molecular flexibility index (Phi) is 6.08. The van der Waals surface area contributed by atoms with Crippen LogP contribution in [0.25, 0.3) is 0 Å². The van der Waals surface area contributed by atoms with Gasteiger partial charge in [0.05, 0.1) is 0 Å². The first kappa shape index (κ1) is 11.9. The van der Waals surface area contributed by atoms with Crippen molar-refractivity contribution in [2.75, 3.05) is 18.1 Å². The van der Waals surface area contributed by atoms with Gasteiger partial charge in [0.25, 0.3) is 0 Å². The second kappa shape index (κ2) is 7.16. The minimum absolute atomic E-state index is 0.801. The predicted molar refractivity (Wildman–Crippen MR) is 66.2 cm³/mol. The molecule has 0 aliphatic rings. The third-order valence-electron chi connectivity index (χ3n) is 1.87. The summed E-state index contributed by atoms with van der Waals surface area (Å²) in [6.07, 6.45) is 0. The van der Waals surface area contributed by atoms with Gasteiger partial charge in [-0.1, -0.05) is 30.7 Å². The molecule has 0 fully saturated rings. The highest BCUT2D eigenvalue weighted by atomic mass is 35.5. The van der Waals surface area contributed by atoms with E-state index in [-0.39, 0.29) is 0 Å². The zero-order valence-corrected chi connectivity index (χ0v) is 10.00. The van der Waals surface area contributed by atoms with Crippen LogP contribution in [0, 0.1) is 0 Å². The highest BCUT2D eigenvalue weighted by Gasteiger charge is 1.92. The van der Waals surface area contributed by atoms with Crippen LogP contribution < -0.4 is 5.32 Å². The third kappa shape index (κ3) is 4.89. The van der Waals surface area contributed by atoms with Gasteiger partial charge in [-0.15, -0.1) is 0 Å². The minimum atomic E-state index is 0.801. The van der Waals surface area contributed by atoms with E-state index in [1.165, 1.54) is 17.1 Å². The average Bonchev–Trinajstić information content (AvgIpc) is 2.21. The Morgan fingerprint density at radius 2 is 2.00 bits per heavy atom. The number of hydrogen-bond acceptors (Lipinski definition) is 2. The molecule has 0 aliphatic carbocycles. The molecule has 0 unspecified atom stereocenters. The van der Waals surface area contributed by atoms with Crippen LogP contribution in [-0.2, 0) is 6.54 Å². The molecule has 3 heteroatoms. The highest BCUT2D eigenvalue weighted by molar-refractivity contribution is 7.99. The van der Waals surface area contributed by atoms with Crippen molar-refractivity contribution in [2.45, 2.75) is 13.5 Å². The Balaban J connectivity index is 2.15. The van der Waals surface area contributed by atoms with Crippen LogP contribution in [0.5, 0.6) is 0 Å². The fraction of sp³-hybridized carbons (Fsp3) is 0.455. The summed E-state index contributed by atoms with van der Waals surface area (Å²) in [7, 11) is 0. The Hall–Kier alpha value is -0.180. The van der Waals surface area contributed by atoms with Crippen LogP contribution in [0.3, 0.4) is 0 Å². The molecule has 1 N–H and O–H groups in total. The minimum Gasteiger partial charge on any atom is -0.312 e. The molecule has 0 bridgehead atoms. The van der Waals surface area contributed by atoms with E-state index >= 15 is 0 Å². The lowest BCUT2D eigenvalue weighted by molar-refractivity contribution is 0.732. The van der Waals surface area contributed by atoms with Gasteiger partial charge in [-0.05, 0) is 23.4 Å². The van der Waals surface area contributed by atoms with Crippen molar-refractivity contribution in [1.82, 2.24) is 5.32 Å². The smallest absolute Gasteiger partial charge is 0.0406 e. The monoisotopic (exact) mass is 229 g/mol. The molecular weight excluding hydrogens is 214 g/mol. The van der Waals surface area contributed by atoms with Gasteiger partial charge >= 0.3 is 0 Å². The normalized spacial score (nSPS) is 10.4. The van der Waals surface area contributed by atoms with E-state index in [0.717, 1.165) is 18.1 Å². The summed E-state index contributed by atoms with van der Waals surface area (Å²) in [5.41, 5.74) is 1.29. The summed E-state index contributed by atoms with van der Waals surface area (Å²) in [6, 6.07) is 7.98. The highest BCUT2D eigenvalue weighted by Crippen LogP contribution is 2.09. The zero-order valence-electron chi connectivity index (χ0n) is 8.42. The molecule has 0 radical (unpaired) electrons. The van der Waals surface area contributed by atoms with Crippen molar-refractivity contribution >= 4 is 23.4 Å². The van der Waals surface area contributed by atoms with E-state index < -0.39 is 0 Å². The molecule has 0 atom stereocenters. The van der Waals surface area contributed by atoms with Crippen molar-refractivity contribution in [3.05, 3.63) is 34.9 Å². The number of hydrogen-bond donors (Lipinski definition) is 1. The molecule has 0 spiro atoms. The van der Waals surface area contributed by atoms with E-state index in [2.05, 4.69) is 24.4 Å². The van der Waals surface area contributed by atoms with Crippen molar-refractivity contribution in [2.24, 2.45) is 0 Å². The maximum atomic E-state index is 5.79. The summed E-state index contributed by atoms with van der Waals surface area (Å²) >= 11 is 7.75. The van der Waals surface area contributed by atoms with Crippen LogP contribution >= 0.6 is 23.4 Å². The SMILES string of the molecule is CCSCCNCc1ccc(Cl)cc1. The average molecular weight is 230 g/mol. The summed E-state index contributed by atoms with van der Waals surface area (Å²) in [4.78, 5) is 0. The van der Waals surface area contributed by atoms with Gasteiger partial charge in [-0.3, -0.25) is 0 Å². The van der Waals surface area contributed by atoms with Crippen LogP contribution in [-0.4, -0.2) is 18.1 Å².